The van der Waals surface area contributed by atoms with Gasteiger partial charge in [-0.15, -0.1) is 0 Å². The van der Waals surface area contributed by atoms with Crippen LogP contribution < -0.4 is 10.2 Å². The monoisotopic (exact) mass is 428 g/mol. The summed E-state index contributed by atoms with van der Waals surface area (Å²) >= 11 is 0. The molecule has 2 saturated heterocycles. The Labute approximate surface area is 178 Å². The lowest BCUT2D eigenvalue weighted by Crippen LogP contribution is -2.45. The Morgan fingerprint density at radius 3 is 2.57 bits per heavy atom. The lowest BCUT2D eigenvalue weighted by atomic mass is 10.2. The minimum absolute atomic E-state index is 0.234. The summed E-state index contributed by atoms with van der Waals surface area (Å²) in [6, 6.07) is 9.98. The quantitative estimate of drug-likeness (QED) is 0.764. The van der Waals surface area contributed by atoms with Crippen molar-refractivity contribution < 1.29 is 13.2 Å². The van der Waals surface area contributed by atoms with Crippen molar-refractivity contribution in [1.29, 1.82) is 0 Å². The van der Waals surface area contributed by atoms with Crippen LogP contribution in [0.1, 0.15) is 36.8 Å². The van der Waals surface area contributed by atoms with Crippen molar-refractivity contribution in [1.82, 2.24) is 14.6 Å². The van der Waals surface area contributed by atoms with Gasteiger partial charge in [0.15, 0.2) is 0 Å². The van der Waals surface area contributed by atoms with Gasteiger partial charge in [-0.3, -0.25) is 4.79 Å². The van der Waals surface area contributed by atoms with Gasteiger partial charge in [0.05, 0.1) is 4.90 Å². The predicted octanol–water partition coefficient (Wildman–Crippen LogP) is 2.46. The van der Waals surface area contributed by atoms with Crippen LogP contribution in [0.5, 0.6) is 0 Å². The van der Waals surface area contributed by atoms with E-state index in [2.05, 4.69) is 15.2 Å². The fourth-order valence-corrected chi connectivity index (χ4v) is 5.79. The number of carbonyl (C=O) groups is 1. The number of amides is 1. The fraction of sp³-hybridized carbons (Fsp3) is 0.455. The first-order valence-electron chi connectivity index (χ1n) is 10.5. The molecule has 2 aromatic rings. The third kappa shape index (κ3) is 4.34. The molecule has 1 N–H and O–H groups in total. The molecule has 0 aliphatic carbocycles. The molecule has 0 radical (unpaired) electrons. The molecule has 1 aromatic carbocycles. The highest BCUT2D eigenvalue weighted by atomic mass is 32.2. The average Bonchev–Trinajstić information content (AvgIpc) is 3.45. The maximum atomic E-state index is 13.1. The van der Waals surface area contributed by atoms with Gasteiger partial charge in [0.2, 0.25) is 15.9 Å². The molecule has 1 unspecified atom stereocenters. The van der Waals surface area contributed by atoms with Crippen molar-refractivity contribution in [2.24, 2.45) is 0 Å². The molecule has 2 fully saturated rings. The Morgan fingerprint density at radius 2 is 1.83 bits per heavy atom. The van der Waals surface area contributed by atoms with E-state index in [0.717, 1.165) is 30.0 Å². The summed E-state index contributed by atoms with van der Waals surface area (Å²) in [6.45, 7) is 4.66. The summed E-state index contributed by atoms with van der Waals surface area (Å²) in [4.78, 5) is 19.8. The molecule has 4 rings (SSSR count). The lowest BCUT2D eigenvalue weighted by molar-refractivity contribution is -0.124. The summed E-state index contributed by atoms with van der Waals surface area (Å²) < 4.78 is 27.5. The van der Waals surface area contributed by atoms with Crippen molar-refractivity contribution in [3.05, 3.63) is 53.7 Å². The molecule has 8 heteroatoms. The number of rotatable bonds is 6. The van der Waals surface area contributed by atoms with E-state index in [1.165, 1.54) is 17.1 Å². The van der Waals surface area contributed by atoms with Gasteiger partial charge in [0.25, 0.3) is 0 Å². The normalized spacial score (nSPS) is 19.9. The molecule has 2 aliphatic rings. The maximum Gasteiger partial charge on any atom is 0.243 e. The minimum Gasteiger partial charge on any atom is -0.357 e. The number of nitrogens with zero attached hydrogens (tertiary/aromatic N) is 3. The highest BCUT2D eigenvalue weighted by molar-refractivity contribution is 7.89. The Kier molecular flexibility index (Phi) is 6.06. The Morgan fingerprint density at radius 1 is 1.10 bits per heavy atom. The SMILES string of the molecule is Cc1ccc(S(=O)(=O)N2CCCC2C(=O)NCc2ccnc(N3CCCC3)c2)cc1. The van der Waals surface area contributed by atoms with Gasteiger partial charge < -0.3 is 10.2 Å². The van der Waals surface area contributed by atoms with Crippen LogP contribution >= 0.6 is 0 Å². The Hall–Kier alpha value is -2.45. The van der Waals surface area contributed by atoms with Crippen LogP contribution in [0.2, 0.25) is 0 Å². The van der Waals surface area contributed by atoms with Crippen molar-refractivity contribution in [3.63, 3.8) is 0 Å². The number of sulfonamides is 1. The van der Waals surface area contributed by atoms with Gasteiger partial charge in [-0.25, -0.2) is 13.4 Å². The molecule has 0 bridgehead atoms. The van der Waals surface area contributed by atoms with E-state index in [4.69, 9.17) is 0 Å². The van der Waals surface area contributed by atoms with Gasteiger partial charge in [-0.05, 0) is 62.4 Å². The van der Waals surface area contributed by atoms with Crippen molar-refractivity contribution >= 4 is 21.7 Å². The number of anilines is 1. The minimum atomic E-state index is -3.69. The zero-order valence-electron chi connectivity index (χ0n) is 17.3. The second-order valence-corrected chi connectivity index (χ2v) is 9.91. The number of benzene rings is 1. The number of aryl methyl sites for hydroxylation is 1. The third-order valence-corrected chi connectivity index (χ3v) is 7.76. The van der Waals surface area contributed by atoms with Crippen LogP contribution in [-0.4, -0.2) is 49.3 Å². The molecule has 1 aromatic heterocycles. The first kappa shape index (κ1) is 20.8. The third-order valence-electron chi connectivity index (χ3n) is 5.84. The van der Waals surface area contributed by atoms with E-state index >= 15 is 0 Å². The van der Waals surface area contributed by atoms with E-state index in [-0.39, 0.29) is 10.8 Å². The molecule has 0 saturated carbocycles. The molecule has 2 aliphatic heterocycles. The number of aromatic nitrogens is 1. The highest BCUT2D eigenvalue weighted by Gasteiger charge is 2.39. The molecule has 30 heavy (non-hydrogen) atoms. The highest BCUT2D eigenvalue weighted by Crippen LogP contribution is 2.26. The number of pyridine rings is 1. The topological polar surface area (TPSA) is 82.6 Å². The smallest absolute Gasteiger partial charge is 0.243 e. The predicted molar refractivity (Wildman–Crippen MR) is 116 cm³/mol. The molecule has 3 heterocycles. The molecule has 1 amide bonds. The van der Waals surface area contributed by atoms with E-state index < -0.39 is 16.1 Å². The van der Waals surface area contributed by atoms with Crippen LogP contribution in [0.15, 0.2) is 47.5 Å². The number of hydrogen-bond acceptors (Lipinski definition) is 5. The van der Waals surface area contributed by atoms with Crippen LogP contribution in [0, 0.1) is 6.92 Å². The number of hydrogen-bond donors (Lipinski definition) is 1. The van der Waals surface area contributed by atoms with Crippen LogP contribution in [0.25, 0.3) is 0 Å². The number of carbonyl (C=O) groups excluding carboxylic acids is 1. The van der Waals surface area contributed by atoms with E-state index in [1.54, 1.807) is 30.5 Å². The second kappa shape index (κ2) is 8.73. The largest absolute Gasteiger partial charge is 0.357 e. The molecule has 1 atom stereocenters. The van der Waals surface area contributed by atoms with Crippen molar-refractivity contribution in [2.75, 3.05) is 24.5 Å². The Balaban J connectivity index is 1.43. The molecule has 160 valence electrons. The zero-order chi connectivity index (χ0) is 21.1. The van der Waals surface area contributed by atoms with Crippen molar-refractivity contribution in [3.8, 4) is 0 Å². The standard InChI is InChI=1S/C22H28N4O3S/c1-17-6-8-19(9-7-17)30(28,29)26-14-4-5-20(26)22(27)24-16-18-10-11-23-21(15-18)25-12-2-3-13-25/h6-11,15,20H,2-5,12-14,16H2,1H3,(H,24,27). The first-order valence-corrected chi connectivity index (χ1v) is 12.0. The van der Waals surface area contributed by atoms with E-state index in [9.17, 15) is 13.2 Å². The van der Waals surface area contributed by atoms with Crippen LogP contribution in [-0.2, 0) is 21.4 Å². The summed E-state index contributed by atoms with van der Waals surface area (Å²) in [7, 11) is -3.69. The lowest BCUT2D eigenvalue weighted by Gasteiger charge is -2.23. The van der Waals surface area contributed by atoms with Crippen LogP contribution in [0.4, 0.5) is 5.82 Å². The summed E-state index contributed by atoms with van der Waals surface area (Å²) in [5.41, 5.74) is 1.96. The first-order chi connectivity index (χ1) is 14.4. The summed E-state index contributed by atoms with van der Waals surface area (Å²) in [5.74, 6) is 0.686. The van der Waals surface area contributed by atoms with E-state index in [0.29, 0.717) is 25.9 Å². The number of nitrogens with one attached hydrogen (secondary N) is 1. The average molecular weight is 429 g/mol. The molecular formula is C22H28N4O3S. The molecule has 0 spiro atoms. The van der Waals surface area contributed by atoms with Crippen LogP contribution in [0.3, 0.4) is 0 Å². The molecule has 7 nitrogen and oxygen atoms in total. The van der Waals surface area contributed by atoms with Gasteiger partial charge >= 0.3 is 0 Å². The summed E-state index contributed by atoms with van der Waals surface area (Å²) in [6.07, 6.45) is 5.33. The van der Waals surface area contributed by atoms with Crippen molar-refractivity contribution in [2.45, 2.75) is 50.1 Å². The Bertz CT molecular complexity index is 1000. The van der Waals surface area contributed by atoms with Gasteiger partial charge in [-0.1, -0.05) is 17.7 Å². The molecular weight excluding hydrogens is 400 g/mol. The van der Waals surface area contributed by atoms with Gasteiger partial charge in [0.1, 0.15) is 11.9 Å². The second-order valence-electron chi connectivity index (χ2n) is 8.02. The van der Waals surface area contributed by atoms with Gasteiger partial charge in [0, 0.05) is 32.4 Å². The van der Waals surface area contributed by atoms with E-state index in [1.807, 2.05) is 19.1 Å². The maximum absolute atomic E-state index is 13.1. The summed E-state index contributed by atoms with van der Waals surface area (Å²) in [5, 5.41) is 2.93. The fourth-order valence-electron chi connectivity index (χ4n) is 4.13. The zero-order valence-corrected chi connectivity index (χ0v) is 18.1. The van der Waals surface area contributed by atoms with Gasteiger partial charge in [-0.2, -0.15) is 4.31 Å².